The van der Waals surface area contributed by atoms with Gasteiger partial charge in [-0.05, 0) is 12.5 Å². The highest BCUT2D eigenvalue weighted by atomic mass is 16.5. The lowest BCUT2D eigenvalue weighted by molar-refractivity contribution is 0.0700. The number of hydrogen-bond donors (Lipinski definition) is 1. The molecule has 0 aliphatic heterocycles. The molecule has 0 saturated carbocycles. The molecule has 0 aliphatic rings. The second-order valence-electron chi connectivity index (χ2n) is 4.54. The van der Waals surface area contributed by atoms with Gasteiger partial charge in [-0.25, -0.2) is 0 Å². The molecule has 0 radical (unpaired) electrons. The maximum Gasteiger partial charge on any atom is 0.256 e. The van der Waals surface area contributed by atoms with Crippen LogP contribution in [0.25, 0.3) is 0 Å². The highest BCUT2D eigenvalue weighted by molar-refractivity contribution is 5.99. The lowest BCUT2D eigenvalue weighted by atomic mass is 10.2. The zero-order valence-electron chi connectivity index (χ0n) is 12.6. The standard InChI is InChI=1S/C15H22N4O2/c1-3-7-18-14-12-17-8-5-13(14)15(20)19(9-4-6-16)10-11-21-2/h5,8,12,18H,3-4,7,9-11H2,1-2H3. The maximum atomic E-state index is 12.6. The van der Waals surface area contributed by atoms with E-state index < -0.39 is 0 Å². The van der Waals surface area contributed by atoms with Crippen LogP contribution in [-0.2, 0) is 4.74 Å². The Morgan fingerprint density at radius 1 is 1.52 bits per heavy atom. The summed E-state index contributed by atoms with van der Waals surface area (Å²) in [6.45, 7) is 4.14. The third-order valence-corrected chi connectivity index (χ3v) is 2.96. The lowest BCUT2D eigenvalue weighted by Crippen LogP contribution is -2.35. The third-order valence-electron chi connectivity index (χ3n) is 2.96. The molecule has 0 fully saturated rings. The molecule has 1 heterocycles. The van der Waals surface area contributed by atoms with Crippen molar-refractivity contribution in [3.63, 3.8) is 0 Å². The Bertz CT molecular complexity index is 485. The van der Waals surface area contributed by atoms with Crippen LogP contribution in [0.1, 0.15) is 30.1 Å². The van der Waals surface area contributed by atoms with Gasteiger partial charge in [0.05, 0.1) is 36.5 Å². The van der Waals surface area contributed by atoms with Gasteiger partial charge in [0, 0.05) is 32.9 Å². The minimum absolute atomic E-state index is 0.108. The molecular formula is C15H22N4O2. The van der Waals surface area contributed by atoms with Crippen molar-refractivity contribution >= 4 is 11.6 Å². The molecule has 6 nitrogen and oxygen atoms in total. The first-order chi connectivity index (χ1) is 10.2. The van der Waals surface area contributed by atoms with Crippen LogP contribution >= 0.6 is 0 Å². The number of hydrogen-bond acceptors (Lipinski definition) is 5. The van der Waals surface area contributed by atoms with E-state index in [4.69, 9.17) is 10.00 Å². The van der Waals surface area contributed by atoms with E-state index in [1.54, 1.807) is 30.5 Å². The van der Waals surface area contributed by atoms with E-state index in [1.165, 1.54) is 0 Å². The number of nitrogens with one attached hydrogen (secondary N) is 1. The van der Waals surface area contributed by atoms with Crippen LogP contribution in [0.15, 0.2) is 18.5 Å². The molecule has 1 aromatic rings. The quantitative estimate of drug-likeness (QED) is 0.751. The van der Waals surface area contributed by atoms with Gasteiger partial charge in [-0.2, -0.15) is 5.26 Å². The summed E-state index contributed by atoms with van der Waals surface area (Å²) in [5.41, 5.74) is 1.30. The van der Waals surface area contributed by atoms with Crippen molar-refractivity contribution in [2.24, 2.45) is 0 Å². The number of nitriles is 1. The topological polar surface area (TPSA) is 78.3 Å². The Labute approximate surface area is 125 Å². The van der Waals surface area contributed by atoms with Crippen molar-refractivity contribution in [2.45, 2.75) is 19.8 Å². The molecule has 0 spiro atoms. The van der Waals surface area contributed by atoms with Gasteiger partial charge < -0.3 is 15.0 Å². The minimum atomic E-state index is -0.108. The first-order valence-electron chi connectivity index (χ1n) is 7.07. The fraction of sp³-hybridized carbons (Fsp3) is 0.533. The zero-order valence-corrected chi connectivity index (χ0v) is 12.6. The highest BCUT2D eigenvalue weighted by Crippen LogP contribution is 2.16. The van der Waals surface area contributed by atoms with Gasteiger partial charge in [-0.1, -0.05) is 6.92 Å². The van der Waals surface area contributed by atoms with Gasteiger partial charge in [0.25, 0.3) is 5.91 Å². The molecule has 114 valence electrons. The van der Waals surface area contributed by atoms with E-state index in [0.717, 1.165) is 18.7 Å². The van der Waals surface area contributed by atoms with Gasteiger partial charge in [0.15, 0.2) is 0 Å². The first kappa shape index (κ1) is 16.9. The normalized spacial score (nSPS) is 9.95. The number of carbonyl (C=O) groups is 1. The van der Waals surface area contributed by atoms with Gasteiger partial charge in [-0.3, -0.25) is 9.78 Å². The predicted octanol–water partition coefficient (Wildman–Crippen LogP) is 1.91. The van der Waals surface area contributed by atoms with Crippen molar-refractivity contribution in [3.8, 4) is 6.07 Å². The first-order valence-corrected chi connectivity index (χ1v) is 7.07. The van der Waals surface area contributed by atoms with E-state index in [-0.39, 0.29) is 5.91 Å². The van der Waals surface area contributed by atoms with Crippen LogP contribution in [0.5, 0.6) is 0 Å². The lowest BCUT2D eigenvalue weighted by Gasteiger charge is -2.22. The fourth-order valence-electron chi connectivity index (χ4n) is 1.85. The van der Waals surface area contributed by atoms with Crippen molar-refractivity contribution in [1.29, 1.82) is 5.26 Å². The van der Waals surface area contributed by atoms with E-state index in [0.29, 0.717) is 31.7 Å². The molecule has 1 aromatic heterocycles. The van der Waals surface area contributed by atoms with Crippen molar-refractivity contribution in [1.82, 2.24) is 9.88 Å². The smallest absolute Gasteiger partial charge is 0.256 e. The highest BCUT2D eigenvalue weighted by Gasteiger charge is 2.18. The second kappa shape index (κ2) is 9.72. The molecule has 1 rings (SSSR count). The number of carbonyl (C=O) groups excluding carboxylic acids is 1. The Kier molecular flexibility index (Phi) is 7.84. The average molecular weight is 290 g/mol. The number of amides is 1. The SMILES string of the molecule is CCCNc1cnccc1C(=O)N(CCC#N)CCOC. The Balaban J connectivity index is 2.88. The van der Waals surface area contributed by atoms with Crippen molar-refractivity contribution in [3.05, 3.63) is 24.0 Å². The van der Waals surface area contributed by atoms with Crippen LogP contribution in [0.2, 0.25) is 0 Å². The maximum absolute atomic E-state index is 12.6. The molecule has 0 unspecified atom stereocenters. The predicted molar refractivity (Wildman–Crippen MR) is 81.0 cm³/mol. The summed E-state index contributed by atoms with van der Waals surface area (Å²) < 4.78 is 5.03. The molecule has 0 bridgehead atoms. The molecule has 0 atom stereocenters. The van der Waals surface area contributed by atoms with Gasteiger partial charge in [0.1, 0.15) is 0 Å². The summed E-state index contributed by atoms with van der Waals surface area (Å²) in [5.74, 6) is -0.108. The Morgan fingerprint density at radius 2 is 2.33 bits per heavy atom. The third kappa shape index (κ3) is 5.40. The van der Waals surface area contributed by atoms with Crippen LogP contribution in [0.3, 0.4) is 0 Å². The second-order valence-corrected chi connectivity index (χ2v) is 4.54. The van der Waals surface area contributed by atoms with E-state index in [9.17, 15) is 4.79 Å². The molecule has 0 saturated heterocycles. The summed E-state index contributed by atoms with van der Waals surface area (Å²) >= 11 is 0. The van der Waals surface area contributed by atoms with Gasteiger partial charge in [-0.15, -0.1) is 0 Å². The number of rotatable bonds is 9. The largest absolute Gasteiger partial charge is 0.383 e. The van der Waals surface area contributed by atoms with Gasteiger partial charge >= 0.3 is 0 Å². The average Bonchev–Trinajstić information content (AvgIpc) is 2.52. The van der Waals surface area contributed by atoms with Crippen LogP contribution in [0.4, 0.5) is 5.69 Å². The Morgan fingerprint density at radius 3 is 3.00 bits per heavy atom. The molecule has 6 heteroatoms. The molecular weight excluding hydrogens is 268 g/mol. The van der Waals surface area contributed by atoms with E-state index in [1.807, 2.05) is 0 Å². The van der Waals surface area contributed by atoms with E-state index in [2.05, 4.69) is 23.3 Å². The minimum Gasteiger partial charge on any atom is -0.383 e. The van der Waals surface area contributed by atoms with Gasteiger partial charge in [0.2, 0.25) is 0 Å². The van der Waals surface area contributed by atoms with Crippen LogP contribution in [-0.4, -0.2) is 49.1 Å². The number of ether oxygens (including phenoxy) is 1. The molecule has 1 N–H and O–H groups in total. The number of aromatic nitrogens is 1. The molecule has 0 aliphatic carbocycles. The summed E-state index contributed by atoms with van der Waals surface area (Å²) in [6, 6.07) is 3.77. The molecule has 1 amide bonds. The zero-order chi connectivity index (χ0) is 15.5. The van der Waals surface area contributed by atoms with E-state index >= 15 is 0 Å². The number of methoxy groups -OCH3 is 1. The summed E-state index contributed by atoms with van der Waals surface area (Å²) in [4.78, 5) is 18.3. The number of nitrogens with zero attached hydrogens (tertiary/aromatic N) is 3. The van der Waals surface area contributed by atoms with Crippen molar-refractivity contribution < 1.29 is 9.53 Å². The molecule has 0 aromatic carbocycles. The molecule has 21 heavy (non-hydrogen) atoms. The van der Waals surface area contributed by atoms with Crippen LogP contribution < -0.4 is 5.32 Å². The Hall–Kier alpha value is -2.13. The fourth-order valence-corrected chi connectivity index (χ4v) is 1.85. The van der Waals surface area contributed by atoms with Crippen molar-refractivity contribution in [2.75, 3.05) is 38.7 Å². The number of anilines is 1. The number of pyridine rings is 1. The van der Waals surface area contributed by atoms with Crippen LogP contribution in [0, 0.1) is 11.3 Å². The summed E-state index contributed by atoms with van der Waals surface area (Å²) in [5, 5.41) is 11.9. The monoisotopic (exact) mass is 290 g/mol. The summed E-state index contributed by atoms with van der Waals surface area (Å²) in [7, 11) is 1.59. The summed E-state index contributed by atoms with van der Waals surface area (Å²) in [6.07, 6.45) is 4.52.